The molecule has 5 atom stereocenters. The monoisotopic (exact) mass is 787 g/mol. The summed E-state index contributed by atoms with van der Waals surface area (Å²) in [5.74, 6) is 3.82. The van der Waals surface area contributed by atoms with E-state index in [1.165, 1.54) is 30.5 Å². The third kappa shape index (κ3) is 9.76. The maximum atomic E-state index is 13.4. The third-order valence-electron chi connectivity index (χ3n) is 13.3. The number of piperazine rings is 1. The van der Waals surface area contributed by atoms with E-state index in [2.05, 4.69) is 61.7 Å². The summed E-state index contributed by atoms with van der Waals surface area (Å²) in [4.78, 5) is 40.2. The molecule has 3 aliphatic heterocycles. The molecule has 2 saturated heterocycles. The first-order valence-electron chi connectivity index (χ1n) is 21.5. The molecule has 4 heterocycles. The van der Waals surface area contributed by atoms with E-state index in [0.717, 1.165) is 83.1 Å². The van der Waals surface area contributed by atoms with Gasteiger partial charge in [0, 0.05) is 94.8 Å². The maximum Gasteiger partial charge on any atom is 0.222 e. The minimum absolute atomic E-state index is 0.0242. The smallest absolute Gasteiger partial charge is 0.222 e. The lowest BCUT2D eigenvalue weighted by Gasteiger charge is -2.80. The molecule has 0 radical (unpaired) electrons. The molecule has 1 aromatic carbocycles. The Balaban J connectivity index is 0.766. The van der Waals surface area contributed by atoms with Gasteiger partial charge in [-0.2, -0.15) is 0 Å². The van der Waals surface area contributed by atoms with Crippen molar-refractivity contribution in [1.29, 1.82) is 0 Å². The Morgan fingerprint density at radius 3 is 2.23 bits per heavy atom. The van der Waals surface area contributed by atoms with Crippen LogP contribution < -0.4 is 5.32 Å². The van der Waals surface area contributed by atoms with Gasteiger partial charge in [0.25, 0.3) is 0 Å². The lowest BCUT2D eigenvalue weighted by molar-refractivity contribution is -0.295. The van der Waals surface area contributed by atoms with Crippen LogP contribution in [0.25, 0.3) is 0 Å². The van der Waals surface area contributed by atoms with Crippen LogP contribution in [0.15, 0.2) is 30.3 Å². The predicted molar refractivity (Wildman–Crippen MR) is 218 cm³/mol. The van der Waals surface area contributed by atoms with Crippen molar-refractivity contribution in [3.63, 3.8) is 0 Å². The van der Waals surface area contributed by atoms with Gasteiger partial charge < -0.3 is 38.6 Å². The Hall–Kier alpha value is -3.35. The number of nitrogens with zero attached hydrogens (tertiary/aromatic N) is 6. The van der Waals surface area contributed by atoms with Crippen LogP contribution in [0.2, 0.25) is 0 Å². The van der Waals surface area contributed by atoms with E-state index in [9.17, 15) is 9.59 Å². The number of hydrogen-bond acceptors (Lipinski definition) is 10. The second-order valence-electron chi connectivity index (χ2n) is 16.5. The van der Waals surface area contributed by atoms with Gasteiger partial charge in [-0.15, -0.1) is 6.42 Å². The fourth-order valence-electron chi connectivity index (χ4n) is 10.3. The number of rotatable bonds is 23. The number of imidazole rings is 1. The normalized spacial score (nSPS) is 24.9. The van der Waals surface area contributed by atoms with E-state index in [-0.39, 0.29) is 17.9 Å². The summed E-state index contributed by atoms with van der Waals surface area (Å²) in [6, 6.07) is 12.2. The fraction of sp³-hybridized carbons (Fsp3) is 0.705. The molecule has 1 aromatic heterocycles. The van der Waals surface area contributed by atoms with Crippen molar-refractivity contribution in [1.82, 2.24) is 34.5 Å². The Morgan fingerprint density at radius 2 is 1.58 bits per heavy atom. The van der Waals surface area contributed by atoms with Crippen molar-refractivity contribution >= 4 is 11.8 Å². The number of amides is 2. The zero-order chi connectivity index (χ0) is 39.6. The molecule has 2 amide bonds. The molecule has 2 saturated carbocycles. The molecule has 0 bridgehead atoms. The number of piperidine rings is 2. The van der Waals surface area contributed by atoms with Gasteiger partial charge in [0.2, 0.25) is 11.8 Å². The minimum atomic E-state index is 0.0242. The van der Waals surface area contributed by atoms with Gasteiger partial charge >= 0.3 is 0 Å². The zero-order valence-corrected chi connectivity index (χ0v) is 34.4. The summed E-state index contributed by atoms with van der Waals surface area (Å²) in [6.07, 6.45) is 12.2. The zero-order valence-electron chi connectivity index (χ0n) is 34.4. The minimum Gasteiger partial charge on any atom is -0.378 e. The van der Waals surface area contributed by atoms with Crippen LogP contribution in [0.4, 0.5) is 0 Å². The number of aryl methyl sites for hydroxylation is 1. The van der Waals surface area contributed by atoms with Crippen molar-refractivity contribution in [2.45, 2.75) is 89.5 Å². The van der Waals surface area contributed by atoms with E-state index < -0.39 is 0 Å². The van der Waals surface area contributed by atoms with Gasteiger partial charge in [-0.05, 0) is 51.1 Å². The van der Waals surface area contributed by atoms with Gasteiger partial charge in [-0.1, -0.05) is 36.3 Å². The Bertz CT molecular complexity index is 1650. The van der Waals surface area contributed by atoms with E-state index in [1.807, 2.05) is 11.0 Å². The van der Waals surface area contributed by atoms with Crippen LogP contribution in [0.1, 0.15) is 80.3 Å². The first-order valence-corrected chi connectivity index (χ1v) is 21.5. The lowest BCUT2D eigenvalue weighted by Crippen LogP contribution is -2.85. The number of carbonyl (C=O) groups is 2. The van der Waals surface area contributed by atoms with E-state index in [4.69, 9.17) is 30.4 Å². The topological polar surface area (TPSA) is 114 Å². The molecule has 1 spiro atoms. The molecule has 1 N–H and O–H groups in total. The fourth-order valence-corrected chi connectivity index (χ4v) is 10.3. The highest BCUT2D eigenvalue weighted by Gasteiger charge is 2.75. The molecule has 57 heavy (non-hydrogen) atoms. The number of benzene rings is 1. The molecule has 2 aliphatic carbocycles. The average Bonchev–Trinajstić information content (AvgIpc) is 3.52. The molecule has 312 valence electrons. The molecule has 5 aliphatic rings. The standard InChI is InChI=1S/C44H65N7O6/c1-4-24-54-26-28-56-30-31-57-29-27-55-25-23-48-21-19-47(20-22-48)16-8-11-43(53)49-17-14-39-38(33-49)45-34(2)51(39)42-32-41-44(42)15-12-40(44)50(41)18-13-37(46-35(3)52)36-9-6-5-7-10-36/h1,5-7,9-10,37,40-42H,8,11-33H2,2-3H3,(H,46,52). The Kier molecular flexibility index (Phi) is 14.7. The maximum absolute atomic E-state index is 13.4. The first kappa shape index (κ1) is 41.8. The van der Waals surface area contributed by atoms with Crippen LogP contribution in [-0.4, -0.2) is 158 Å². The van der Waals surface area contributed by atoms with Crippen LogP contribution in [0.5, 0.6) is 0 Å². The molecule has 7 rings (SSSR count). The van der Waals surface area contributed by atoms with E-state index >= 15 is 0 Å². The van der Waals surface area contributed by atoms with Gasteiger partial charge in [-0.25, -0.2) is 4.98 Å². The highest BCUT2D eigenvalue weighted by atomic mass is 16.6. The largest absolute Gasteiger partial charge is 0.378 e. The van der Waals surface area contributed by atoms with Crippen LogP contribution in [0, 0.1) is 24.7 Å². The number of likely N-dealkylation sites (tertiary alicyclic amines) is 1. The number of hydrogen-bond donors (Lipinski definition) is 1. The molecular weight excluding hydrogens is 723 g/mol. The van der Waals surface area contributed by atoms with Gasteiger partial charge in [0.1, 0.15) is 12.4 Å². The summed E-state index contributed by atoms with van der Waals surface area (Å²) >= 11 is 0. The molecule has 13 heteroatoms. The number of nitrogens with one attached hydrogen (secondary N) is 1. The Labute approximate surface area is 339 Å². The SMILES string of the molecule is C#CCOCCOCCOCCOCCN1CCN(CCCC(=O)N2CCc3c(nc(C)n3C3CC4N(CCC(NC(C)=O)c5ccccc5)C5CCC543)C2)CC1. The number of fused-ring (bicyclic) bond motifs is 1. The lowest BCUT2D eigenvalue weighted by atomic mass is 9.40. The summed E-state index contributed by atoms with van der Waals surface area (Å²) in [7, 11) is 0. The molecule has 2 aromatic rings. The summed E-state index contributed by atoms with van der Waals surface area (Å²) < 4.78 is 24.5. The number of ether oxygens (including phenoxy) is 4. The predicted octanol–water partition coefficient (Wildman–Crippen LogP) is 3.22. The van der Waals surface area contributed by atoms with Crippen molar-refractivity contribution in [2.24, 2.45) is 5.41 Å². The van der Waals surface area contributed by atoms with Crippen molar-refractivity contribution in [3.8, 4) is 12.3 Å². The van der Waals surface area contributed by atoms with E-state index in [1.54, 1.807) is 6.92 Å². The average molecular weight is 788 g/mol. The van der Waals surface area contributed by atoms with Crippen molar-refractivity contribution < 1.29 is 28.5 Å². The summed E-state index contributed by atoms with van der Waals surface area (Å²) in [5.41, 5.74) is 4.02. The van der Waals surface area contributed by atoms with Crippen molar-refractivity contribution in [2.75, 3.05) is 105 Å². The highest BCUT2D eigenvalue weighted by Crippen LogP contribution is 2.73. The van der Waals surface area contributed by atoms with Crippen molar-refractivity contribution in [3.05, 3.63) is 53.1 Å². The van der Waals surface area contributed by atoms with Crippen LogP contribution in [0.3, 0.4) is 0 Å². The number of carbonyl (C=O) groups excluding carboxylic acids is 2. The molecular formula is C44H65N7O6. The Morgan fingerprint density at radius 1 is 0.895 bits per heavy atom. The number of aromatic nitrogens is 2. The first-order chi connectivity index (χ1) is 27.9. The molecule has 5 unspecified atom stereocenters. The highest BCUT2D eigenvalue weighted by molar-refractivity contribution is 5.76. The number of terminal acetylenes is 1. The van der Waals surface area contributed by atoms with Gasteiger partial charge in [0.15, 0.2) is 0 Å². The van der Waals surface area contributed by atoms with Crippen LogP contribution >= 0.6 is 0 Å². The second-order valence-corrected chi connectivity index (χ2v) is 16.5. The summed E-state index contributed by atoms with van der Waals surface area (Å²) in [6.45, 7) is 16.5. The van der Waals surface area contributed by atoms with Gasteiger partial charge in [0.05, 0.1) is 64.5 Å². The van der Waals surface area contributed by atoms with Crippen LogP contribution in [-0.2, 0) is 41.5 Å². The molecule has 13 nitrogen and oxygen atoms in total. The summed E-state index contributed by atoms with van der Waals surface area (Å²) in [5, 5.41) is 3.19. The third-order valence-corrected chi connectivity index (χ3v) is 13.3. The second kappa shape index (κ2) is 20.1. The molecule has 4 fully saturated rings. The van der Waals surface area contributed by atoms with E-state index in [0.29, 0.717) is 89.4 Å². The quantitative estimate of drug-likeness (QED) is 0.133. The van der Waals surface area contributed by atoms with Gasteiger partial charge in [-0.3, -0.25) is 19.4 Å².